The summed E-state index contributed by atoms with van der Waals surface area (Å²) in [6.07, 6.45) is 0. The highest BCUT2D eigenvalue weighted by Crippen LogP contribution is 2.34. The lowest BCUT2D eigenvalue weighted by Gasteiger charge is -2.09. The first-order valence-electron chi connectivity index (χ1n) is 4.90. The molecule has 0 fully saturated rings. The van der Waals surface area contributed by atoms with Gasteiger partial charge in [0.05, 0.1) is 5.56 Å². The maximum atomic E-state index is 13.8. The van der Waals surface area contributed by atoms with E-state index in [1.165, 1.54) is 24.3 Å². The van der Waals surface area contributed by atoms with Crippen LogP contribution < -0.4 is 0 Å². The van der Waals surface area contributed by atoms with E-state index in [2.05, 4.69) is 0 Å². The van der Waals surface area contributed by atoms with E-state index >= 15 is 0 Å². The first-order chi connectivity index (χ1) is 7.99. The van der Waals surface area contributed by atoms with Crippen molar-refractivity contribution in [1.82, 2.24) is 0 Å². The Morgan fingerprint density at radius 1 is 0.941 bits per heavy atom. The van der Waals surface area contributed by atoms with Crippen LogP contribution in [0.2, 0.25) is 10.0 Å². The lowest BCUT2D eigenvalue weighted by atomic mass is 10.0. The minimum atomic E-state index is -0.647. The highest BCUT2D eigenvalue weighted by atomic mass is 35.5. The fraction of sp³-hybridized carbons (Fsp3) is 0.0769. The SMILES string of the molecule is Cc1cc(F)c(-c2cc(Cl)ccc2Cl)c(F)c1. The van der Waals surface area contributed by atoms with Crippen LogP contribution in [0.4, 0.5) is 8.78 Å². The monoisotopic (exact) mass is 272 g/mol. The summed E-state index contributed by atoms with van der Waals surface area (Å²) in [5, 5.41) is 0.639. The van der Waals surface area contributed by atoms with E-state index in [1.807, 2.05) is 0 Å². The molecule has 17 heavy (non-hydrogen) atoms. The number of hydrogen-bond acceptors (Lipinski definition) is 0. The molecular weight excluding hydrogens is 265 g/mol. The molecule has 2 aromatic rings. The molecule has 2 rings (SSSR count). The molecule has 0 radical (unpaired) electrons. The Labute approximate surface area is 108 Å². The Hall–Kier alpha value is -1.12. The average Bonchev–Trinajstić information content (AvgIpc) is 2.21. The molecule has 0 saturated carbocycles. The maximum Gasteiger partial charge on any atom is 0.134 e. The summed E-state index contributed by atoms with van der Waals surface area (Å²) in [5.74, 6) is -1.29. The van der Waals surface area contributed by atoms with Gasteiger partial charge in [-0.05, 0) is 42.8 Å². The van der Waals surface area contributed by atoms with Crippen molar-refractivity contribution >= 4 is 23.2 Å². The van der Waals surface area contributed by atoms with Crippen LogP contribution in [0.15, 0.2) is 30.3 Å². The van der Waals surface area contributed by atoms with Crippen molar-refractivity contribution in [3.8, 4) is 11.1 Å². The van der Waals surface area contributed by atoms with Gasteiger partial charge in [-0.2, -0.15) is 0 Å². The molecule has 0 aromatic heterocycles. The third-order valence-electron chi connectivity index (χ3n) is 2.38. The minimum Gasteiger partial charge on any atom is -0.206 e. The molecule has 0 aliphatic heterocycles. The molecule has 0 aliphatic rings. The molecule has 0 saturated heterocycles. The van der Waals surface area contributed by atoms with Crippen molar-refractivity contribution in [2.24, 2.45) is 0 Å². The second kappa shape index (κ2) is 4.63. The van der Waals surface area contributed by atoms with Gasteiger partial charge in [-0.25, -0.2) is 8.78 Å². The Kier molecular flexibility index (Phi) is 3.36. The predicted molar refractivity (Wildman–Crippen MR) is 66.6 cm³/mol. The van der Waals surface area contributed by atoms with Crippen LogP contribution in [-0.2, 0) is 0 Å². The lowest BCUT2D eigenvalue weighted by Crippen LogP contribution is -1.92. The molecule has 0 N–H and O–H groups in total. The van der Waals surface area contributed by atoms with E-state index in [-0.39, 0.29) is 16.1 Å². The zero-order valence-corrected chi connectivity index (χ0v) is 10.4. The van der Waals surface area contributed by atoms with Crippen LogP contribution in [0.3, 0.4) is 0 Å². The van der Waals surface area contributed by atoms with Crippen molar-refractivity contribution < 1.29 is 8.78 Å². The summed E-state index contributed by atoms with van der Waals surface area (Å²) in [6.45, 7) is 1.62. The molecule has 0 heterocycles. The molecule has 0 spiro atoms. The Bertz CT molecular complexity index is 557. The van der Waals surface area contributed by atoms with E-state index < -0.39 is 11.6 Å². The zero-order chi connectivity index (χ0) is 12.6. The molecule has 0 unspecified atom stereocenters. The summed E-state index contributed by atoms with van der Waals surface area (Å²) in [6, 6.07) is 7.04. The van der Waals surface area contributed by atoms with Crippen molar-refractivity contribution in [3.63, 3.8) is 0 Å². The molecule has 88 valence electrons. The number of hydrogen-bond donors (Lipinski definition) is 0. The fourth-order valence-corrected chi connectivity index (χ4v) is 2.03. The summed E-state index contributed by atoms with van der Waals surface area (Å²) in [5.41, 5.74) is 0.624. The van der Waals surface area contributed by atoms with Gasteiger partial charge < -0.3 is 0 Å². The van der Waals surface area contributed by atoms with Crippen LogP contribution in [0, 0.1) is 18.6 Å². The quantitative estimate of drug-likeness (QED) is 0.665. The van der Waals surface area contributed by atoms with Gasteiger partial charge in [0.25, 0.3) is 0 Å². The highest BCUT2D eigenvalue weighted by molar-refractivity contribution is 6.35. The Morgan fingerprint density at radius 3 is 2.12 bits per heavy atom. The van der Waals surface area contributed by atoms with Gasteiger partial charge in [-0.1, -0.05) is 23.2 Å². The van der Waals surface area contributed by atoms with E-state index in [9.17, 15) is 8.78 Å². The number of benzene rings is 2. The second-order valence-corrected chi connectivity index (χ2v) is 4.57. The van der Waals surface area contributed by atoms with Gasteiger partial charge >= 0.3 is 0 Å². The van der Waals surface area contributed by atoms with Crippen molar-refractivity contribution in [2.75, 3.05) is 0 Å². The predicted octanol–water partition coefficient (Wildman–Crippen LogP) is 5.25. The smallest absolute Gasteiger partial charge is 0.134 e. The molecule has 0 bridgehead atoms. The van der Waals surface area contributed by atoms with Crippen molar-refractivity contribution in [1.29, 1.82) is 0 Å². The van der Waals surface area contributed by atoms with Crippen LogP contribution in [-0.4, -0.2) is 0 Å². The van der Waals surface area contributed by atoms with E-state index in [0.717, 1.165) is 0 Å². The number of rotatable bonds is 1. The standard InChI is InChI=1S/C13H8Cl2F2/c1-7-4-11(16)13(12(17)5-7)9-6-8(14)2-3-10(9)15/h2-6H,1H3. The summed E-state index contributed by atoms with van der Waals surface area (Å²) in [7, 11) is 0. The molecule has 0 nitrogen and oxygen atoms in total. The van der Waals surface area contributed by atoms with Gasteiger partial charge in [0.2, 0.25) is 0 Å². The Morgan fingerprint density at radius 2 is 1.53 bits per heavy atom. The van der Waals surface area contributed by atoms with Crippen molar-refractivity contribution in [2.45, 2.75) is 6.92 Å². The maximum absolute atomic E-state index is 13.8. The molecule has 2 aromatic carbocycles. The van der Waals surface area contributed by atoms with Crippen LogP contribution in [0.25, 0.3) is 11.1 Å². The molecule has 0 aliphatic carbocycles. The lowest BCUT2D eigenvalue weighted by molar-refractivity contribution is 0.588. The summed E-state index contributed by atoms with van der Waals surface area (Å²) < 4.78 is 27.5. The first kappa shape index (κ1) is 12.3. The molecular formula is C13H8Cl2F2. The highest BCUT2D eigenvalue weighted by Gasteiger charge is 2.15. The average molecular weight is 273 g/mol. The van der Waals surface area contributed by atoms with Gasteiger partial charge in [0.15, 0.2) is 0 Å². The van der Waals surface area contributed by atoms with Crippen LogP contribution in [0.1, 0.15) is 5.56 Å². The zero-order valence-electron chi connectivity index (χ0n) is 8.90. The molecule has 0 atom stereocenters. The minimum absolute atomic E-state index is 0.150. The van der Waals surface area contributed by atoms with Crippen molar-refractivity contribution in [3.05, 3.63) is 57.6 Å². The number of aryl methyl sites for hydroxylation is 1. The number of halogens is 4. The van der Waals surface area contributed by atoms with Crippen LogP contribution >= 0.6 is 23.2 Å². The topological polar surface area (TPSA) is 0 Å². The fourth-order valence-electron chi connectivity index (χ4n) is 1.65. The molecule has 0 amide bonds. The third-order valence-corrected chi connectivity index (χ3v) is 2.95. The molecule has 4 heteroatoms. The Balaban J connectivity index is 2.72. The van der Waals surface area contributed by atoms with Crippen LogP contribution in [0.5, 0.6) is 0 Å². The second-order valence-electron chi connectivity index (χ2n) is 3.73. The van der Waals surface area contributed by atoms with Gasteiger partial charge in [0.1, 0.15) is 11.6 Å². The first-order valence-corrected chi connectivity index (χ1v) is 5.65. The van der Waals surface area contributed by atoms with E-state index in [0.29, 0.717) is 10.6 Å². The summed E-state index contributed by atoms with van der Waals surface area (Å²) in [4.78, 5) is 0. The van der Waals surface area contributed by atoms with Gasteiger partial charge in [0, 0.05) is 15.6 Å². The largest absolute Gasteiger partial charge is 0.206 e. The normalized spacial score (nSPS) is 10.6. The van der Waals surface area contributed by atoms with E-state index in [1.54, 1.807) is 13.0 Å². The van der Waals surface area contributed by atoms with Gasteiger partial charge in [-0.3, -0.25) is 0 Å². The van der Waals surface area contributed by atoms with Gasteiger partial charge in [-0.15, -0.1) is 0 Å². The third kappa shape index (κ3) is 2.43. The van der Waals surface area contributed by atoms with E-state index in [4.69, 9.17) is 23.2 Å². The summed E-state index contributed by atoms with van der Waals surface area (Å²) >= 11 is 11.7.